The van der Waals surface area contributed by atoms with Crippen LogP contribution in [0.2, 0.25) is 5.02 Å². The van der Waals surface area contributed by atoms with Gasteiger partial charge in [0.25, 0.3) is 0 Å². The lowest BCUT2D eigenvalue weighted by atomic mass is 9.90. The lowest BCUT2D eigenvalue weighted by molar-refractivity contribution is -0.274. The van der Waals surface area contributed by atoms with Gasteiger partial charge < -0.3 is 4.74 Å². The van der Waals surface area contributed by atoms with Crippen molar-refractivity contribution in [3.05, 3.63) is 76.8 Å². The monoisotopic (exact) mass is 430 g/mol. The van der Waals surface area contributed by atoms with Crippen molar-refractivity contribution in [3.8, 4) is 28.0 Å². The summed E-state index contributed by atoms with van der Waals surface area (Å²) in [6, 6.07) is 13.5. The molecule has 0 radical (unpaired) electrons. The van der Waals surface area contributed by atoms with Crippen molar-refractivity contribution in [3.63, 3.8) is 0 Å². The van der Waals surface area contributed by atoms with E-state index in [-0.39, 0.29) is 5.02 Å². The summed E-state index contributed by atoms with van der Waals surface area (Å²) in [7, 11) is 0. The summed E-state index contributed by atoms with van der Waals surface area (Å²) in [4.78, 5) is 0. The van der Waals surface area contributed by atoms with Gasteiger partial charge in [0.2, 0.25) is 0 Å². The first-order valence-corrected chi connectivity index (χ1v) is 8.66. The summed E-state index contributed by atoms with van der Waals surface area (Å²) in [5.74, 6) is -0.400. The first kappa shape index (κ1) is 21.0. The number of hydrogen-bond donors (Lipinski definition) is 0. The standard InChI is InChI=1S/C21H13ClF6O/c1-12-4-2-7-17(16-9-8-14(11-18(16)22)20(23,24)25)19(12)13-5-3-6-15(10-13)29-21(26,27)28/h2-11H,1H3. The third kappa shape index (κ3) is 4.85. The Kier molecular flexibility index (Phi) is 5.54. The van der Waals surface area contributed by atoms with Gasteiger partial charge in [-0.2, -0.15) is 13.2 Å². The van der Waals surface area contributed by atoms with Crippen LogP contribution < -0.4 is 4.74 Å². The van der Waals surface area contributed by atoms with E-state index in [0.717, 1.165) is 12.1 Å². The van der Waals surface area contributed by atoms with Gasteiger partial charge in [0.15, 0.2) is 0 Å². The molecule has 0 aliphatic carbocycles. The molecule has 29 heavy (non-hydrogen) atoms. The molecule has 0 atom stereocenters. The van der Waals surface area contributed by atoms with Crippen LogP contribution in [0.3, 0.4) is 0 Å². The molecule has 152 valence electrons. The normalized spacial score (nSPS) is 12.1. The lowest BCUT2D eigenvalue weighted by Crippen LogP contribution is -2.17. The van der Waals surface area contributed by atoms with E-state index < -0.39 is 23.9 Å². The van der Waals surface area contributed by atoms with Gasteiger partial charge in [-0.25, -0.2) is 0 Å². The van der Waals surface area contributed by atoms with Gasteiger partial charge >= 0.3 is 12.5 Å². The molecule has 0 saturated heterocycles. The Labute approximate surface area is 167 Å². The topological polar surface area (TPSA) is 9.23 Å². The molecular formula is C21H13ClF6O. The summed E-state index contributed by atoms with van der Waals surface area (Å²) >= 11 is 6.13. The molecule has 0 aliphatic heterocycles. The van der Waals surface area contributed by atoms with Gasteiger partial charge in [0.05, 0.1) is 5.56 Å². The van der Waals surface area contributed by atoms with Crippen LogP contribution in [0.1, 0.15) is 11.1 Å². The smallest absolute Gasteiger partial charge is 0.406 e. The average Bonchev–Trinajstić information content (AvgIpc) is 2.59. The van der Waals surface area contributed by atoms with E-state index in [9.17, 15) is 26.3 Å². The summed E-state index contributed by atoms with van der Waals surface area (Å²) in [6.07, 6.45) is -9.38. The maximum Gasteiger partial charge on any atom is 0.573 e. The Balaban J connectivity index is 2.14. The van der Waals surface area contributed by atoms with E-state index in [1.165, 1.54) is 24.3 Å². The van der Waals surface area contributed by atoms with E-state index in [2.05, 4.69) is 4.74 Å². The molecule has 0 amide bonds. The van der Waals surface area contributed by atoms with Crippen molar-refractivity contribution in [2.45, 2.75) is 19.5 Å². The van der Waals surface area contributed by atoms with Crippen LogP contribution in [-0.4, -0.2) is 6.36 Å². The molecule has 0 aromatic heterocycles. The van der Waals surface area contributed by atoms with Gasteiger partial charge in [0, 0.05) is 10.6 Å². The van der Waals surface area contributed by atoms with Crippen molar-refractivity contribution in [2.75, 3.05) is 0 Å². The zero-order valence-electron chi connectivity index (χ0n) is 14.8. The zero-order valence-corrected chi connectivity index (χ0v) is 15.6. The van der Waals surface area contributed by atoms with Crippen molar-refractivity contribution in [2.24, 2.45) is 0 Å². The van der Waals surface area contributed by atoms with E-state index in [1.54, 1.807) is 31.2 Å². The molecule has 3 rings (SSSR count). The molecule has 0 unspecified atom stereocenters. The highest BCUT2D eigenvalue weighted by atomic mass is 35.5. The third-order valence-corrected chi connectivity index (χ3v) is 4.53. The number of alkyl halides is 6. The van der Waals surface area contributed by atoms with Crippen molar-refractivity contribution in [1.29, 1.82) is 0 Å². The number of halogens is 7. The summed E-state index contributed by atoms with van der Waals surface area (Å²) in [5.41, 5.74) is 1.61. The summed E-state index contributed by atoms with van der Waals surface area (Å²) in [6.45, 7) is 1.74. The SMILES string of the molecule is Cc1cccc(-c2ccc(C(F)(F)F)cc2Cl)c1-c1cccc(OC(F)(F)F)c1. The minimum absolute atomic E-state index is 0.116. The molecule has 1 nitrogen and oxygen atoms in total. The first-order valence-electron chi connectivity index (χ1n) is 8.28. The quantitative estimate of drug-likeness (QED) is 0.384. The molecule has 0 spiro atoms. The van der Waals surface area contributed by atoms with Crippen LogP contribution in [0.4, 0.5) is 26.3 Å². The second kappa shape index (κ2) is 7.63. The number of aryl methyl sites for hydroxylation is 1. The molecule has 0 N–H and O–H groups in total. The van der Waals surface area contributed by atoms with Crippen molar-refractivity contribution < 1.29 is 31.1 Å². The Morgan fingerprint density at radius 2 is 1.48 bits per heavy atom. The fraction of sp³-hybridized carbons (Fsp3) is 0.143. The fourth-order valence-corrected chi connectivity index (χ4v) is 3.32. The molecule has 0 fully saturated rings. The summed E-state index contributed by atoms with van der Waals surface area (Å²) < 4.78 is 80.4. The van der Waals surface area contributed by atoms with E-state index in [0.29, 0.717) is 27.8 Å². The average molecular weight is 431 g/mol. The molecule has 8 heteroatoms. The van der Waals surface area contributed by atoms with E-state index in [4.69, 9.17) is 11.6 Å². The molecule has 0 saturated carbocycles. The summed E-state index contributed by atoms with van der Waals surface area (Å²) in [5, 5.41) is -0.116. The maximum atomic E-state index is 12.9. The van der Waals surface area contributed by atoms with Crippen LogP contribution in [0.25, 0.3) is 22.3 Å². The molecule has 0 bridgehead atoms. The highest BCUT2D eigenvalue weighted by Gasteiger charge is 2.32. The number of ether oxygens (including phenoxy) is 1. The van der Waals surface area contributed by atoms with Crippen molar-refractivity contribution in [1.82, 2.24) is 0 Å². The van der Waals surface area contributed by atoms with Gasteiger partial charge in [-0.15, -0.1) is 13.2 Å². The molecule has 0 aliphatic rings. The zero-order chi connectivity index (χ0) is 21.4. The second-order valence-corrected chi connectivity index (χ2v) is 6.67. The number of rotatable bonds is 3. The molecular weight excluding hydrogens is 418 g/mol. The lowest BCUT2D eigenvalue weighted by Gasteiger charge is -2.17. The first-order chi connectivity index (χ1) is 13.5. The molecule has 3 aromatic carbocycles. The van der Waals surface area contributed by atoms with Gasteiger partial charge in [0.1, 0.15) is 5.75 Å². The van der Waals surface area contributed by atoms with E-state index in [1.807, 2.05) is 0 Å². The van der Waals surface area contributed by atoms with Crippen molar-refractivity contribution >= 4 is 11.6 Å². The highest BCUT2D eigenvalue weighted by Crippen LogP contribution is 2.41. The number of benzene rings is 3. The predicted octanol–water partition coefficient (Wildman–Crippen LogP) is 7.90. The minimum atomic E-state index is -4.84. The number of hydrogen-bond acceptors (Lipinski definition) is 1. The van der Waals surface area contributed by atoms with E-state index >= 15 is 0 Å². The van der Waals surface area contributed by atoms with Gasteiger partial charge in [-0.1, -0.05) is 48.0 Å². The largest absolute Gasteiger partial charge is 0.573 e. The fourth-order valence-electron chi connectivity index (χ4n) is 3.03. The Morgan fingerprint density at radius 1 is 0.793 bits per heavy atom. The second-order valence-electron chi connectivity index (χ2n) is 6.27. The molecule has 0 heterocycles. The Bertz CT molecular complexity index is 1040. The van der Waals surface area contributed by atoms with Crippen LogP contribution in [0, 0.1) is 6.92 Å². The predicted molar refractivity (Wildman–Crippen MR) is 98.7 cm³/mol. The third-order valence-electron chi connectivity index (χ3n) is 4.22. The Hall–Kier alpha value is -2.67. The van der Waals surface area contributed by atoms with Gasteiger partial charge in [-0.3, -0.25) is 0 Å². The molecule has 3 aromatic rings. The van der Waals surface area contributed by atoms with Crippen LogP contribution in [0.15, 0.2) is 60.7 Å². The van der Waals surface area contributed by atoms with Crippen LogP contribution >= 0.6 is 11.6 Å². The van der Waals surface area contributed by atoms with Gasteiger partial charge in [-0.05, 0) is 53.4 Å². The maximum absolute atomic E-state index is 12.9. The van der Waals surface area contributed by atoms with Crippen LogP contribution in [0.5, 0.6) is 5.75 Å². The van der Waals surface area contributed by atoms with Crippen LogP contribution in [-0.2, 0) is 6.18 Å². The highest BCUT2D eigenvalue weighted by molar-refractivity contribution is 6.33. The minimum Gasteiger partial charge on any atom is -0.406 e. The Morgan fingerprint density at radius 3 is 2.10 bits per heavy atom.